The molecule has 3 nitrogen and oxygen atoms in total. The van der Waals surface area contributed by atoms with E-state index in [4.69, 9.17) is 4.74 Å². The number of carbonyl (C=O) groups is 1. The molecule has 0 aliphatic carbocycles. The zero-order valence-electron chi connectivity index (χ0n) is 11.7. The number of carbonyl (C=O) groups excluding carboxylic acids is 1. The van der Waals surface area contributed by atoms with Crippen molar-refractivity contribution in [2.45, 2.75) is 23.7 Å². The second-order valence-corrected chi connectivity index (χ2v) is 6.20. The standard InChI is InChI=1S/C14H16F3NO2S/c1-9-12(19)18(7-8-20-2)13(21-9)10-3-5-11(6-4-10)14(15,16)17/h3-6,9,13H,7-8H2,1-2H3/t9-,13-/m0/s1. The molecular formula is C14H16F3NO2S. The van der Waals surface area contributed by atoms with Gasteiger partial charge in [-0.1, -0.05) is 12.1 Å². The quantitative estimate of drug-likeness (QED) is 0.853. The van der Waals surface area contributed by atoms with E-state index in [0.29, 0.717) is 18.7 Å². The minimum absolute atomic E-state index is 0.0121. The monoisotopic (exact) mass is 319 g/mol. The molecule has 116 valence electrons. The summed E-state index contributed by atoms with van der Waals surface area (Å²) in [6.07, 6.45) is -4.35. The Morgan fingerprint density at radius 1 is 1.29 bits per heavy atom. The van der Waals surface area contributed by atoms with Gasteiger partial charge >= 0.3 is 6.18 Å². The molecule has 1 saturated heterocycles. The number of amides is 1. The molecule has 0 unspecified atom stereocenters. The molecule has 2 atom stereocenters. The number of methoxy groups -OCH3 is 1. The summed E-state index contributed by atoms with van der Waals surface area (Å²) in [7, 11) is 1.55. The molecule has 0 radical (unpaired) electrons. The normalized spacial score (nSPS) is 22.9. The predicted molar refractivity (Wildman–Crippen MR) is 74.8 cm³/mol. The van der Waals surface area contributed by atoms with Crippen LogP contribution in [0.5, 0.6) is 0 Å². The van der Waals surface area contributed by atoms with Gasteiger partial charge < -0.3 is 9.64 Å². The molecule has 21 heavy (non-hydrogen) atoms. The largest absolute Gasteiger partial charge is 0.416 e. The first-order valence-corrected chi connectivity index (χ1v) is 7.41. The van der Waals surface area contributed by atoms with Crippen molar-refractivity contribution < 1.29 is 22.7 Å². The van der Waals surface area contributed by atoms with Crippen LogP contribution in [0, 0.1) is 0 Å². The van der Waals surface area contributed by atoms with Gasteiger partial charge in [0.15, 0.2) is 0 Å². The first-order valence-electron chi connectivity index (χ1n) is 6.46. The number of hydrogen-bond acceptors (Lipinski definition) is 3. The molecule has 7 heteroatoms. The lowest BCUT2D eigenvalue weighted by atomic mass is 10.1. The number of alkyl halides is 3. The van der Waals surface area contributed by atoms with Crippen molar-refractivity contribution in [3.63, 3.8) is 0 Å². The summed E-state index contributed by atoms with van der Waals surface area (Å²) < 4.78 is 42.7. The van der Waals surface area contributed by atoms with E-state index in [1.54, 1.807) is 18.9 Å². The van der Waals surface area contributed by atoms with Gasteiger partial charge in [0.05, 0.1) is 17.4 Å². The minimum atomic E-state index is -4.35. The summed E-state index contributed by atoms with van der Waals surface area (Å²) in [5, 5.41) is -0.459. The Labute approximate surface area is 125 Å². The maximum absolute atomic E-state index is 12.6. The summed E-state index contributed by atoms with van der Waals surface area (Å²) >= 11 is 1.44. The van der Waals surface area contributed by atoms with Crippen molar-refractivity contribution in [3.8, 4) is 0 Å². The highest BCUT2D eigenvalue weighted by molar-refractivity contribution is 8.01. The second kappa shape index (κ2) is 6.27. The van der Waals surface area contributed by atoms with E-state index in [2.05, 4.69) is 0 Å². The molecule has 0 spiro atoms. The van der Waals surface area contributed by atoms with Crippen LogP contribution in [0.2, 0.25) is 0 Å². The lowest BCUT2D eigenvalue weighted by Gasteiger charge is -2.24. The third-order valence-electron chi connectivity index (χ3n) is 3.31. The molecule has 1 aromatic carbocycles. The van der Waals surface area contributed by atoms with Crippen molar-refractivity contribution >= 4 is 17.7 Å². The van der Waals surface area contributed by atoms with Crippen LogP contribution in [0.1, 0.15) is 23.4 Å². The molecule has 0 aromatic heterocycles. The Morgan fingerprint density at radius 2 is 1.90 bits per heavy atom. The van der Waals surface area contributed by atoms with E-state index in [9.17, 15) is 18.0 Å². The van der Waals surface area contributed by atoms with E-state index >= 15 is 0 Å². The maximum atomic E-state index is 12.6. The van der Waals surface area contributed by atoms with Crippen molar-refractivity contribution in [1.82, 2.24) is 4.90 Å². The van der Waals surface area contributed by atoms with Crippen molar-refractivity contribution in [3.05, 3.63) is 35.4 Å². The summed E-state index contributed by atoms with van der Waals surface area (Å²) in [6, 6.07) is 4.98. The number of thioether (sulfide) groups is 1. The molecule has 1 aliphatic rings. The van der Waals surface area contributed by atoms with Crippen LogP contribution in [-0.4, -0.2) is 36.3 Å². The lowest BCUT2D eigenvalue weighted by Crippen LogP contribution is -2.33. The molecule has 0 N–H and O–H groups in total. The number of ether oxygens (including phenoxy) is 1. The Kier molecular flexibility index (Phi) is 4.83. The third kappa shape index (κ3) is 3.52. The van der Waals surface area contributed by atoms with Gasteiger partial charge in [-0.15, -0.1) is 11.8 Å². The van der Waals surface area contributed by atoms with Crippen molar-refractivity contribution in [2.24, 2.45) is 0 Å². The van der Waals surface area contributed by atoms with E-state index in [1.165, 1.54) is 23.9 Å². The molecule has 1 fully saturated rings. The summed E-state index contributed by atoms with van der Waals surface area (Å²) in [5.41, 5.74) is 0.0128. The number of halogens is 3. The zero-order chi connectivity index (χ0) is 15.6. The average Bonchev–Trinajstić information content (AvgIpc) is 2.72. The van der Waals surface area contributed by atoms with Crippen LogP contribution in [-0.2, 0) is 15.7 Å². The van der Waals surface area contributed by atoms with Crippen LogP contribution in [0.25, 0.3) is 0 Å². The molecule has 0 saturated carbocycles. The topological polar surface area (TPSA) is 29.5 Å². The van der Waals surface area contributed by atoms with Gasteiger partial charge in [-0.05, 0) is 24.6 Å². The second-order valence-electron chi connectivity index (χ2n) is 4.77. The number of hydrogen-bond donors (Lipinski definition) is 0. The third-order valence-corrected chi connectivity index (χ3v) is 4.70. The minimum Gasteiger partial charge on any atom is -0.383 e. The lowest BCUT2D eigenvalue weighted by molar-refractivity contribution is -0.137. The highest BCUT2D eigenvalue weighted by Gasteiger charge is 2.38. The van der Waals surface area contributed by atoms with Gasteiger partial charge in [-0.25, -0.2) is 0 Å². The van der Waals surface area contributed by atoms with E-state index < -0.39 is 11.7 Å². The van der Waals surface area contributed by atoms with Gasteiger partial charge in [0.2, 0.25) is 5.91 Å². The summed E-state index contributed by atoms with van der Waals surface area (Å²) in [6.45, 7) is 2.63. The molecule has 2 rings (SSSR count). The Balaban J connectivity index is 2.21. The van der Waals surface area contributed by atoms with Gasteiger partial charge in [0.1, 0.15) is 5.37 Å². The highest BCUT2D eigenvalue weighted by atomic mass is 32.2. The fourth-order valence-corrected chi connectivity index (χ4v) is 3.50. The van der Waals surface area contributed by atoms with E-state index in [0.717, 1.165) is 12.1 Å². The van der Waals surface area contributed by atoms with Crippen molar-refractivity contribution in [1.29, 1.82) is 0 Å². The van der Waals surface area contributed by atoms with Crippen LogP contribution >= 0.6 is 11.8 Å². The first kappa shape index (κ1) is 16.2. The number of benzene rings is 1. The first-order chi connectivity index (χ1) is 9.84. The van der Waals surface area contributed by atoms with Crippen LogP contribution in [0.15, 0.2) is 24.3 Å². The molecule has 0 bridgehead atoms. The van der Waals surface area contributed by atoms with E-state index in [1.807, 2.05) is 0 Å². The smallest absolute Gasteiger partial charge is 0.383 e. The van der Waals surface area contributed by atoms with Crippen LogP contribution < -0.4 is 0 Å². The Bertz CT molecular complexity index is 504. The van der Waals surface area contributed by atoms with Gasteiger partial charge in [0.25, 0.3) is 0 Å². The van der Waals surface area contributed by atoms with Crippen molar-refractivity contribution in [2.75, 3.05) is 20.3 Å². The maximum Gasteiger partial charge on any atom is 0.416 e. The SMILES string of the molecule is COCCN1C(=O)[C@H](C)S[C@H]1c1ccc(C(F)(F)F)cc1. The molecule has 1 heterocycles. The van der Waals surface area contributed by atoms with Crippen LogP contribution in [0.4, 0.5) is 13.2 Å². The number of nitrogens with zero attached hydrogens (tertiary/aromatic N) is 1. The Morgan fingerprint density at radius 3 is 2.43 bits per heavy atom. The van der Waals surface area contributed by atoms with Gasteiger partial charge in [0, 0.05) is 13.7 Å². The van der Waals surface area contributed by atoms with Gasteiger partial charge in [-0.2, -0.15) is 13.2 Å². The fraction of sp³-hybridized carbons (Fsp3) is 0.500. The summed E-state index contributed by atoms with van der Waals surface area (Å²) in [4.78, 5) is 13.7. The van der Waals surface area contributed by atoms with Crippen LogP contribution in [0.3, 0.4) is 0 Å². The average molecular weight is 319 g/mol. The number of rotatable bonds is 4. The molecule has 1 aromatic rings. The predicted octanol–water partition coefficient (Wildman–Crippen LogP) is 3.31. The highest BCUT2D eigenvalue weighted by Crippen LogP contribution is 2.43. The molecular weight excluding hydrogens is 303 g/mol. The van der Waals surface area contributed by atoms with Gasteiger partial charge in [-0.3, -0.25) is 4.79 Å². The molecule has 1 aliphatic heterocycles. The molecule has 1 amide bonds. The van der Waals surface area contributed by atoms with E-state index in [-0.39, 0.29) is 16.5 Å². The Hall–Kier alpha value is -1.21. The fourth-order valence-electron chi connectivity index (χ4n) is 2.19. The summed E-state index contributed by atoms with van der Waals surface area (Å²) in [5.74, 6) is -0.0121. The zero-order valence-corrected chi connectivity index (χ0v) is 12.5.